The number of primary amides is 1. The summed E-state index contributed by atoms with van der Waals surface area (Å²) in [5, 5.41) is 2.91. The summed E-state index contributed by atoms with van der Waals surface area (Å²) in [6.07, 6.45) is 5.14. The average molecular weight is 337 g/mol. The number of anilines is 1. The molecule has 0 aliphatic heterocycles. The van der Waals surface area contributed by atoms with E-state index in [1.807, 2.05) is 0 Å². The molecule has 2 aromatic rings. The number of nitrogens with two attached hydrogens (primary N) is 1. The Balaban J connectivity index is 1.36. The lowest BCUT2D eigenvalue weighted by Crippen LogP contribution is -2.15. The van der Waals surface area contributed by atoms with E-state index in [1.165, 1.54) is 12.8 Å². The summed E-state index contributed by atoms with van der Waals surface area (Å²) in [4.78, 5) is 27.6. The first kappa shape index (κ1) is 15.6. The second-order valence-corrected chi connectivity index (χ2v) is 6.71. The predicted octanol–water partition coefficient (Wildman–Crippen LogP) is 2.96. The standard InChI is InChI=1S/C19H19N3O3/c20-18(23)12-2-1-3-14(8-12)25-17-7-6-13(10-21-17)22-19(24)16-9-15(16)11-4-5-11/h1-3,6-8,10-11,15-16H,4-5,9H2,(H2,20,23)(H,22,24)/t15-,16-/m0/s1. The average Bonchev–Trinajstić information content (AvgIpc) is 3.47. The zero-order valence-electron chi connectivity index (χ0n) is 13.6. The summed E-state index contributed by atoms with van der Waals surface area (Å²) in [5.41, 5.74) is 6.28. The number of amides is 2. The van der Waals surface area contributed by atoms with Crippen molar-refractivity contribution in [2.45, 2.75) is 19.3 Å². The number of ether oxygens (including phenoxy) is 1. The normalized spacial score (nSPS) is 21.4. The number of carbonyl (C=O) groups is 2. The minimum atomic E-state index is -0.513. The van der Waals surface area contributed by atoms with Crippen LogP contribution in [0.4, 0.5) is 5.69 Å². The molecule has 1 heterocycles. The van der Waals surface area contributed by atoms with Gasteiger partial charge < -0.3 is 15.8 Å². The van der Waals surface area contributed by atoms with Crippen molar-refractivity contribution in [1.29, 1.82) is 0 Å². The van der Waals surface area contributed by atoms with E-state index in [0.29, 0.717) is 28.8 Å². The van der Waals surface area contributed by atoms with Crippen molar-refractivity contribution in [3.63, 3.8) is 0 Å². The first-order valence-electron chi connectivity index (χ1n) is 8.45. The number of nitrogens with one attached hydrogen (secondary N) is 1. The molecule has 2 fully saturated rings. The number of hydrogen-bond acceptors (Lipinski definition) is 4. The molecule has 25 heavy (non-hydrogen) atoms. The van der Waals surface area contributed by atoms with E-state index in [-0.39, 0.29) is 11.8 Å². The summed E-state index contributed by atoms with van der Waals surface area (Å²) < 4.78 is 5.61. The van der Waals surface area contributed by atoms with Gasteiger partial charge in [0.15, 0.2) is 0 Å². The first-order chi connectivity index (χ1) is 12.1. The smallest absolute Gasteiger partial charge is 0.248 e. The third-order valence-electron chi connectivity index (χ3n) is 4.75. The molecule has 2 saturated carbocycles. The van der Waals surface area contributed by atoms with Crippen molar-refractivity contribution in [3.05, 3.63) is 48.2 Å². The number of benzene rings is 1. The first-order valence-corrected chi connectivity index (χ1v) is 8.45. The van der Waals surface area contributed by atoms with Gasteiger partial charge in [-0.15, -0.1) is 0 Å². The highest BCUT2D eigenvalue weighted by Gasteiger charge is 2.51. The van der Waals surface area contributed by atoms with Crippen molar-refractivity contribution >= 4 is 17.5 Å². The molecule has 1 aromatic heterocycles. The molecule has 0 bridgehead atoms. The molecule has 6 nitrogen and oxygen atoms in total. The number of rotatable bonds is 6. The Bertz CT molecular complexity index is 815. The molecular formula is C19H19N3O3. The molecule has 0 unspecified atom stereocenters. The zero-order chi connectivity index (χ0) is 17.4. The van der Waals surface area contributed by atoms with Gasteiger partial charge in [-0.3, -0.25) is 9.59 Å². The molecule has 0 radical (unpaired) electrons. The molecular weight excluding hydrogens is 318 g/mol. The van der Waals surface area contributed by atoms with Crippen molar-refractivity contribution in [1.82, 2.24) is 4.98 Å². The maximum absolute atomic E-state index is 12.2. The minimum Gasteiger partial charge on any atom is -0.439 e. The summed E-state index contributed by atoms with van der Waals surface area (Å²) in [5.74, 6) is 1.96. The SMILES string of the molecule is NC(=O)c1cccc(Oc2ccc(NC(=O)[C@H]3C[C@H]3C3CC3)cn2)c1. The highest BCUT2D eigenvalue weighted by Crippen LogP contribution is 2.54. The van der Waals surface area contributed by atoms with Crippen LogP contribution in [0.1, 0.15) is 29.6 Å². The Hall–Kier alpha value is -2.89. The summed E-state index contributed by atoms with van der Waals surface area (Å²) in [6.45, 7) is 0. The van der Waals surface area contributed by atoms with Crippen LogP contribution in [0.5, 0.6) is 11.6 Å². The second kappa shape index (κ2) is 6.20. The van der Waals surface area contributed by atoms with Crippen LogP contribution >= 0.6 is 0 Å². The number of nitrogens with zero attached hydrogens (tertiary/aromatic N) is 1. The Morgan fingerprint density at radius 2 is 2.04 bits per heavy atom. The van der Waals surface area contributed by atoms with E-state index in [4.69, 9.17) is 10.5 Å². The minimum absolute atomic E-state index is 0.0847. The Kier molecular flexibility index (Phi) is 3.87. The highest BCUT2D eigenvalue weighted by atomic mass is 16.5. The van der Waals surface area contributed by atoms with Crippen LogP contribution in [-0.4, -0.2) is 16.8 Å². The van der Waals surface area contributed by atoms with Gasteiger partial charge in [-0.25, -0.2) is 4.98 Å². The quantitative estimate of drug-likeness (QED) is 0.847. The van der Waals surface area contributed by atoms with Crippen LogP contribution in [-0.2, 0) is 4.79 Å². The fourth-order valence-electron chi connectivity index (χ4n) is 3.14. The summed E-state index contributed by atoms with van der Waals surface area (Å²) in [6, 6.07) is 10.0. The van der Waals surface area contributed by atoms with E-state index < -0.39 is 5.91 Å². The molecule has 128 valence electrons. The summed E-state index contributed by atoms with van der Waals surface area (Å²) in [7, 11) is 0. The fraction of sp³-hybridized carbons (Fsp3) is 0.316. The van der Waals surface area contributed by atoms with Gasteiger partial charge in [0.25, 0.3) is 0 Å². The van der Waals surface area contributed by atoms with Crippen LogP contribution in [0.2, 0.25) is 0 Å². The van der Waals surface area contributed by atoms with Gasteiger partial charge in [-0.05, 0) is 55.4 Å². The lowest BCUT2D eigenvalue weighted by molar-refractivity contribution is -0.117. The monoisotopic (exact) mass is 337 g/mol. The summed E-state index contributed by atoms with van der Waals surface area (Å²) >= 11 is 0. The van der Waals surface area contributed by atoms with Gasteiger partial charge in [-0.1, -0.05) is 6.07 Å². The van der Waals surface area contributed by atoms with Crippen molar-refractivity contribution in [2.24, 2.45) is 23.5 Å². The maximum atomic E-state index is 12.2. The molecule has 2 aliphatic rings. The van der Waals surface area contributed by atoms with Crippen LogP contribution in [0, 0.1) is 17.8 Å². The van der Waals surface area contributed by atoms with Crippen molar-refractivity contribution < 1.29 is 14.3 Å². The lowest BCUT2D eigenvalue weighted by atomic mass is 10.2. The van der Waals surface area contributed by atoms with Crippen LogP contribution < -0.4 is 15.8 Å². The molecule has 3 N–H and O–H groups in total. The number of hydrogen-bond donors (Lipinski definition) is 2. The van der Waals surface area contributed by atoms with E-state index in [9.17, 15) is 9.59 Å². The molecule has 1 aromatic carbocycles. The van der Waals surface area contributed by atoms with E-state index in [2.05, 4.69) is 10.3 Å². The van der Waals surface area contributed by atoms with Crippen LogP contribution in [0.25, 0.3) is 0 Å². The van der Waals surface area contributed by atoms with Gasteiger partial charge in [0, 0.05) is 17.5 Å². The number of pyridine rings is 1. The molecule has 6 heteroatoms. The number of aromatic nitrogens is 1. The molecule has 2 atom stereocenters. The van der Waals surface area contributed by atoms with Gasteiger partial charge >= 0.3 is 0 Å². The van der Waals surface area contributed by atoms with Crippen molar-refractivity contribution in [3.8, 4) is 11.6 Å². The van der Waals surface area contributed by atoms with Gasteiger partial charge in [-0.2, -0.15) is 0 Å². The van der Waals surface area contributed by atoms with E-state index in [1.54, 1.807) is 42.6 Å². The Morgan fingerprint density at radius 3 is 2.72 bits per heavy atom. The van der Waals surface area contributed by atoms with Crippen LogP contribution in [0.3, 0.4) is 0 Å². The van der Waals surface area contributed by atoms with E-state index >= 15 is 0 Å². The fourth-order valence-corrected chi connectivity index (χ4v) is 3.14. The lowest BCUT2D eigenvalue weighted by Gasteiger charge is -2.08. The Labute approximate surface area is 145 Å². The second-order valence-electron chi connectivity index (χ2n) is 6.71. The maximum Gasteiger partial charge on any atom is 0.248 e. The molecule has 0 spiro atoms. The third-order valence-corrected chi connectivity index (χ3v) is 4.75. The molecule has 2 aliphatic carbocycles. The van der Waals surface area contributed by atoms with Gasteiger partial charge in [0.05, 0.1) is 11.9 Å². The molecule has 0 saturated heterocycles. The topological polar surface area (TPSA) is 94.3 Å². The Morgan fingerprint density at radius 1 is 1.20 bits per heavy atom. The van der Waals surface area contributed by atoms with Crippen molar-refractivity contribution in [2.75, 3.05) is 5.32 Å². The number of carbonyl (C=O) groups excluding carboxylic acids is 2. The molecule has 2 amide bonds. The van der Waals surface area contributed by atoms with Gasteiger partial charge in [0.2, 0.25) is 17.7 Å². The highest BCUT2D eigenvalue weighted by molar-refractivity contribution is 5.94. The third kappa shape index (κ3) is 3.63. The van der Waals surface area contributed by atoms with E-state index in [0.717, 1.165) is 12.3 Å². The van der Waals surface area contributed by atoms with Gasteiger partial charge in [0.1, 0.15) is 5.75 Å². The molecule has 4 rings (SSSR count). The zero-order valence-corrected chi connectivity index (χ0v) is 13.6. The predicted molar refractivity (Wildman–Crippen MR) is 92.2 cm³/mol. The largest absolute Gasteiger partial charge is 0.439 e. The van der Waals surface area contributed by atoms with Crippen LogP contribution in [0.15, 0.2) is 42.6 Å².